The maximum Gasteiger partial charge on any atom is 0.0607 e. The first kappa shape index (κ1) is 17.8. The van der Waals surface area contributed by atoms with Crippen molar-refractivity contribution in [3.8, 4) is 11.1 Å². The largest absolute Gasteiger partial charge is 0.381 e. The Kier molecular flexibility index (Phi) is 5.55. The average Bonchev–Trinajstić information content (AvgIpc) is 2.75. The molecular weight excluding hydrogens is 330 g/mol. The van der Waals surface area contributed by atoms with Gasteiger partial charge in [-0.15, -0.1) is 0 Å². The third kappa shape index (κ3) is 4.06. The molecule has 0 amide bonds. The number of piperidine rings is 1. The first-order valence-electron chi connectivity index (χ1n) is 9.83. The van der Waals surface area contributed by atoms with Gasteiger partial charge in [0, 0.05) is 25.4 Å². The van der Waals surface area contributed by atoms with Crippen molar-refractivity contribution < 1.29 is 4.74 Å². The quantitative estimate of drug-likeness (QED) is 0.591. The third-order valence-corrected chi connectivity index (χ3v) is 5.65. The zero-order valence-corrected chi connectivity index (χ0v) is 15.9. The Hall–Kier alpha value is -2.58. The molecule has 0 saturated carbocycles. The van der Waals surface area contributed by atoms with Gasteiger partial charge in [-0.25, -0.2) is 0 Å². The highest BCUT2D eigenvalue weighted by Gasteiger charge is 2.29. The fourth-order valence-corrected chi connectivity index (χ4v) is 4.23. The maximum atomic E-state index is 5.73. The van der Waals surface area contributed by atoms with Crippen LogP contribution in [0.5, 0.6) is 0 Å². The number of nitrogens with zero attached hydrogens (tertiary/aromatic N) is 1. The lowest BCUT2D eigenvalue weighted by Gasteiger charge is -2.41. The molecule has 0 aromatic heterocycles. The molecule has 1 fully saturated rings. The highest BCUT2D eigenvalue weighted by molar-refractivity contribution is 5.67. The van der Waals surface area contributed by atoms with Crippen LogP contribution in [0.3, 0.4) is 0 Å². The normalized spacial score (nSPS) is 19.8. The van der Waals surface area contributed by atoms with Crippen molar-refractivity contribution in [2.75, 3.05) is 18.6 Å². The Morgan fingerprint density at radius 3 is 2.26 bits per heavy atom. The molecule has 138 valence electrons. The second-order valence-electron chi connectivity index (χ2n) is 7.29. The number of hydrogen-bond donors (Lipinski definition) is 0. The fourth-order valence-electron chi connectivity index (χ4n) is 4.23. The molecule has 2 heteroatoms. The van der Waals surface area contributed by atoms with E-state index in [0.717, 1.165) is 25.8 Å². The fraction of sp³-hybridized carbons (Fsp3) is 0.280. The van der Waals surface area contributed by atoms with Gasteiger partial charge in [0.25, 0.3) is 0 Å². The predicted octanol–water partition coefficient (Wildman–Crippen LogP) is 5.58. The van der Waals surface area contributed by atoms with Crippen LogP contribution in [0.4, 0.5) is 5.69 Å². The minimum Gasteiger partial charge on any atom is -0.381 e. The van der Waals surface area contributed by atoms with Crippen molar-refractivity contribution in [1.29, 1.82) is 0 Å². The summed E-state index contributed by atoms with van der Waals surface area (Å²) in [6.45, 7) is 1.04. The Morgan fingerprint density at radius 2 is 1.52 bits per heavy atom. The second kappa shape index (κ2) is 8.41. The smallest absolute Gasteiger partial charge is 0.0607 e. The molecule has 2 unspecified atom stereocenters. The summed E-state index contributed by atoms with van der Waals surface area (Å²) in [5.74, 6) is 0. The van der Waals surface area contributed by atoms with Crippen LogP contribution >= 0.6 is 0 Å². The molecule has 4 rings (SSSR count). The van der Waals surface area contributed by atoms with E-state index in [0.29, 0.717) is 12.1 Å². The van der Waals surface area contributed by atoms with Gasteiger partial charge in [-0.3, -0.25) is 0 Å². The molecule has 0 aliphatic carbocycles. The Bertz CT molecular complexity index is 846. The first-order chi connectivity index (χ1) is 13.3. The van der Waals surface area contributed by atoms with E-state index in [9.17, 15) is 0 Å². The number of ether oxygens (including phenoxy) is 1. The van der Waals surface area contributed by atoms with Gasteiger partial charge < -0.3 is 9.64 Å². The van der Waals surface area contributed by atoms with Gasteiger partial charge in [0.2, 0.25) is 0 Å². The monoisotopic (exact) mass is 357 g/mol. The molecule has 2 nitrogen and oxygen atoms in total. The molecule has 3 aromatic carbocycles. The average molecular weight is 357 g/mol. The molecule has 1 saturated heterocycles. The number of benzene rings is 3. The lowest BCUT2D eigenvalue weighted by molar-refractivity contribution is 0.0700. The van der Waals surface area contributed by atoms with Gasteiger partial charge in [-0.2, -0.15) is 0 Å². The molecule has 0 N–H and O–H groups in total. The molecule has 27 heavy (non-hydrogen) atoms. The topological polar surface area (TPSA) is 12.5 Å². The van der Waals surface area contributed by atoms with Crippen LogP contribution in [0.15, 0.2) is 84.9 Å². The standard InChI is InChI=1S/C25H27NO/c1-27-24-16-17-26(22-13-6-3-7-14-22)23(19-24)18-21-12-8-9-15-25(21)20-10-4-2-5-11-20/h2-15,23-24H,16-19H2,1H3. The summed E-state index contributed by atoms with van der Waals surface area (Å²) in [7, 11) is 1.85. The summed E-state index contributed by atoms with van der Waals surface area (Å²) in [6, 6.07) is 30.8. The van der Waals surface area contributed by atoms with Crippen molar-refractivity contribution in [3.63, 3.8) is 0 Å². The first-order valence-corrected chi connectivity index (χ1v) is 9.83. The number of para-hydroxylation sites is 1. The summed E-state index contributed by atoms with van der Waals surface area (Å²) in [4.78, 5) is 2.57. The van der Waals surface area contributed by atoms with Gasteiger partial charge in [0.15, 0.2) is 0 Å². The lowest BCUT2D eigenvalue weighted by Crippen LogP contribution is -2.46. The van der Waals surface area contributed by atoms with Crippen LogP contribution in [0.2, 0.25) is 0 Å². The van der Waals surface area contributed by atoms with Crippen molar-refractivity contribution in [2.24, 2.45) is 0 Å². The molecule has 1 heterocycles. The molecular formula is C25H27NO. The van der Waals surface area contributed by atoms with Crippen LogP contribution in [-0.4, -0.2) is 25.8 Å². The summed E-state index contributed by atoms with van der Waals surface area (Å²) in [6.07, 6.45) is 3.52. The number of anilines is 1. The van der Waals surface area contributed by atoms with Gasteiger partial charge in [-0.05, 0) is 48.1 Å². The van der Waals surface area contributed by atoms with Gasteiger partial charge >= 0.3 is 0 Å². The van der Waals surface area contributed by atoms with Gasteiger partial charge in [0.05, 0.1) is 6.10 Å². The Morgan fingerprint density at radius 1 is 0.852 bits per heavy atom. The van der Waals surface area contributed by atoms with Crippen LogP contribution < -0.4 is 4.90 Å². The van der Waals surface area contributed by atoms with E-state index in [-0.39, 0.29) is 0 Å². The lowest BCUT2D eigenvalue weighted by atomic mass is 9.89. The maximum absolute atomic E-state index is 5.73. The van der Waals surface area contributed by atoms with E-state index in [2.05, 4.69) is 89.8 Å². The minimum atomic E-state index is 0.346. The van der Waals surface area contributed by atoms with Crippen molar-refractivity contribution in [3.05, 3.63) is 90.5 Å². The number of hydrogen-bond acceptors (Lipinski definition) is 2. The number of methoxy groups -OCH3 is 1. The Labute approximate surface area is 162 Å². The molecule has 1 aliphatic heterocycles. The molecule has 0 radical (unpaired) electrons. The second-order valence-corrected chi connectivity index (χ2v) is 7.29. The van der Waals surface area contributed by atoms with Crippen molar-refractivity contribution >= 4 is 5.69 Å². The molecule has 0 bridgehead atoms. The third-order valence-electron chi connectivity index (χ3n) is 5.65. The highest BCUT2D eigenvalue weighted by Crippen LogP contribution is 2.31. The summed E-state index contributed by atoms with van der Waals surface area (Å²) >= 11 is 0. The van der Waals surface area contributed by atoms with E-state index in [4.69, 9.17) is 4.74 Å². The van der Waals surface area contributed by atoms with Crippen molar-refractivity contribution in [2.45, 2.75) is 31.4 Å². The molecule has 1 aliphatic rings. The summed E-state index contributed by atoms with van der Waals surface area (Å²) < 4.78 is 5.73. The van der Waals surface area contributed by atoms with E-state index in [1.165, 1.54) is 22.4 Å². The van der Waals surface area contributed by atoms with E-state index < -0.39 is 0 Å². The minimum absolute atomic E-state index is 0.346. The van der Waals surface area contributed by atoms with Crippen molar-refractivity contribution in [1.82, 2.24) is 0 Å². The zero-order valence-electron chi connectivity index (χ0n) is 15.9. The summed E-state index contributed by atoms with van der Waals surface area (Å²) in [5, 5.41) is 0. The highest BCUT2D eigenvalue weighted by atomic mass is 16.5. The summed E-state index contributed by atoms with van der Waals surface area (Å²) in [5.41, 5.74) is 5.35. The predicted molar refractivity (Wildman–Crippen MR) is 113 cm³/mol. The van der Waals surface area contributed by atoms with Crippen LogP contribution in [0.25, 0.3) is 11.1 Å². The van der Waals surface area contributed by atoms with Crippen LogP contribution in [-0.2, 0) is 11.2 Å². The van der Waals surface area contributed by atoms with E-state index in [1.54, 1.807) is 0 Å². The zero-order chi connectivity index (χ0) is 18.5. The van der Waals surface area contributed by atoms with Crippen LogP contribution in [0, 0.1) is 0 Å². The van der Waals surface area contributed by atoms with Gasteiger partial charge in [-0.1, -0.05) is 72.8 Å². The van der Waals surface area contributed by atoms with E-state index in [1.807, 2.05) is 7.11 Å². The molecule has 3 aromatic rings. The van der Waals surface area contributed by atoms with E-state index >= 15 is 0 Å². The SMILES string of the molecule is COC1CCN(c2ccccc2)C(Cc2ccccc2-c2ccccc2)C1. The number of rotatable bonds is 5. The Balaban J connectivity index is 1.65. The van der Waals surface area contributed by atoms with Gasteiger partial charge in [0.1, 0.15) is 0 Å². The van der Waals surface area contributed by atoms with Crippen LogP contribution in [0.1, 0.15) is 18.4 Å². The molecule has 2 atom stereocenters. The molecule has 0 spiro atoms.